The van der Waals surface area contributed by atoms with E-state index in [1.54, 1.807) is 31.2 Å². The largest absolute Gasteiger partial charge is 0.369 e. The maximum absolute atomic E-state index is 12.5. The van der Waals surface area contributed by atoms with Gasteiger partial charge in [0.2, 0.25) is 5.91 Å². The summed E-state index contributed by atoms with van der Waals surface area (Å²) < 4.78 is 26.8. The lowest BCUT2D eigenvalue weighted by Gasteiger charge is -2.23. The molecule has 6 nitrogen and oxygen atoms in total. The third kappa shape index (κ3) is 5.25. The van der Waals surface area contributed by atoms with E-state index in [-0.39, 0.29) is 10.6 Å². The van der Waals surface area contributed by atoms with E-state index in [2.05, 4.69) is 29.7 Å². The Kier molecular flexibility index (Phi) is 7.39. The summed E-state index contributed by atoms with van der Waals surface area (Å²) in [6, 6.07) is 20.7. The third-order valence-corrected chi connectivity index (χ3v) is 9.56. The van der Waals surface area contributed by atoms with Crippen molar-refractivity contribution in [3.05, 3.63) is 83.4 Å². The normalized spacial score (nSPS) is 15.5. The van der Waals surface area contributed by atoms with Crippen molar-refractivity contribution in [2.24, 2.45) is 11.7 Å². The third-order valence-electron chi connectivity index (χ3n) is 7.81. The SMILES string of the molecule is CCS(=O)(=O)c1ccc(C(C(N)=O)c2ccc(-c3nc4ccc(C)cc4n3CC3CCCCC3)cc2)cc1. The maximum atomic E-state index is 12.5. The molecule has 1 aromatic heterocycles. The second kappa shape index (κ2) is 10.7. The number of fused-ring (bicyclic) bond motifs is 1. The lowest BCUT2D eigenvalue weighted by molar-refractivity contribution is -0.118. The van der Waals surface area contributed by atoms with Gasteiger partial charge in [-0.2, -0.15) is 0 Å². The monoisotopic (exact) mass is 529 g/mol. The van der Waals surface area contributed by atoms with Crippen molar-refractivity contribution in [2.75, 3.05) is 5.75 Å². The number of aromatic nitrogens is 2. The molecule has 3 aromatic carbocycles. The van der Waals surface area contributed by atoms with Crippen LogP contribution in [-0.4, -0.2) is 29.6 Å². The molecule has 0 aliphatic heterocycles. The topological polar surface area (TPSA) is 95.0 Å². The van der Waals surface area contributed by atoms with E-state index in [0.29, 0.717) is 11.5 Å². The molecular formula is C31H35N3O3S. The number of nitrogens with two attached hydrogens (primary N) is 1. The van der Waals surface area contributed by atoms with E-state index in [1.807, 2.05) is 24.3 Å². The van der Waals surface area contributed by atoms with E-state index in [0.717, 1.165) is 34.5 Å². The molecular weight excluding hydrogens is 494 g/mol. The van der Waals surface area contributed by atoms with Crippen LogP contribution in [-0.2, 0) is 21.2 Å². The number of hydrogen-bond acceptors (Lipinski definition) is 4. The fourth-order valence-corrected chi connectivity index (χ4v) is 6.53. The van der Waals surface area contributed by atoms with Crippen LogP contribution in [0.1, 0.15) is 61.6 Å². The van der Waals surface area contributed by atoms with E-state index < -0.39 is 21.7 Å². The highest BCUT2D eigenvalue weighted by atomic mass is 32.2. The quantitative estimate of drug-likeness (QED) is 0.303. The summed E-state index contributed by atoms with van der Waals surface area (Å²) in [6.07, 6.45) is 6.41. The number of amides is 1. The summed E-state index contributed by atoms with van der Waals surface area (Å²) in [7, 11) is -3.32. The number of benzene rings is 3. The van der Waals surface area contributed by atoms with Crippen LogP contribution >= 0.6 is 0 Å². The summed E-state index contributed by atoms with van der Waals surface area (Å²) in [5.41, 5.74) is 11.6. The Morgan fingerprint density at radius 2 is 1.61 bits per heavy atom. The fourth-order valence-electron chi connectivity index (χ4n) is 5.65. The van der Waals surface area contributed by atoms with Crippen LogP contribution in [0.25, 0.3) is 22.4 Å². The predicted molar refractivity (Wildman–Crippen MR) is 152 cm³/mol. The second-order valence-corrected chi connectivity index (χ2v) is 12.8. The molecule has 0 saturated heterocycles. The Hall–Kier alpha value is -3.45. The Labute approximate surface area is 224 Å². The Morgan fingerprint density at radius 3 is 2.21 bits per heavy atom. The molecule has 1 saturated carbocycles. The van der Waals surface area contributed by atoms with Gasteiger partial charge in [0.25, 0.3) is 0 Å². The number of nitrogens with zero attached hydrogens (tertiary/aromatic N) is 2. The molecule has 0 radical (unpaired) electrons. The number of aryl methyl sites for hydroxylation is 1. The predicted octanol–water partition coefficient (Wildman–Crippen LogP) is 6.00. The van der Waals surface area contributed by atoms with Crippen molar-refractivity contribution in [1.29, 1.82) is 0 Å². The average molecular weight is 530 g/mol. The fraction of sp³-hybridized carbons (Fsp3) is 0.355. The zero-order valence-corrected chi connectivity index (χ0v) is 22.9. The highest BCUT2D eigenvalue weighted by molar-refractivity contribution is 7.91. The van der Waals surface area contributed by atoms with Gasteiger partial charge in [0.1, 0.15) is 5.82 Å². The van der Waals surface area contributed by atoms with Crippen LogP contribution in [0.15, 0.2) is 71.6 Å². The highest BCUT2D eigenvalue weighted by Gasteiger charge is 2.23. The van der Waals surface area contributed by atoms with Gasteiger partial charge in [-0.3, -0.25) is 4.79 Å². The van der Waals surface area contributed by atoms with Crippen LogP contribution in [0.3, 0.4) is 0 Å². The molecule has 1 aliphatic rings. The van der Waals surface area contributed by atoms with Gasteiger partial charge < -0.3 is 10.3 Å². The molecule has 2 N–H and O–H groups in total. The molecule has 1 atom stereocenters. The first-order valence-electron chi connectivity index (χ1n) is 13.5. The van der Waals surface area contributed by atoms with Crippen LogP contribution in [0.4, 0.5) is 0 Å². The summed E-state index contributed by atoms with van der Waals surface area (Å²) in [5, 5.41) is 0. The number of sulfone groups is 1. The van der Waals surface area contributed by atoms with E-state index in [4.69, 9.17) is 10.7 Å². The van der Waals surface area contributed by atoms with Crippen LogP contribution < -0.4 is 5.73 Å². The second-order valence-electron chi connectivity index (χ2n) is 10.5. The molecule has 1 heterocycles. The standard InChI is InChI=1S/C31H35N3O3S/c1-3-38(36,37)26-16-14-24(15-17-26)29(30(32)35)23-10-12-25(13-11-23)31-33-27-18-9-21(2)19-28(27)34(31)20-22-7-5-4-6-8-22/h9-19,22,29H,3-8,20H2,1-2H3,(H2,32,35). The van der Waals surface area contributed by atoms with Gasteiger partial charge in [-0.05, 0) is 66.6 Å². The van der Waals surface area contributed by atoms with Gasteiger partial charge in [0.15, 0.2) is 9.84 Å². The molecule has 1 aliphatic carbocycles. The van der Waals surface area contributed by atoms with Gasteiger partial charge in [-0.15, -0.1) is 0 Å². The van der Waals surface area contributed by atoms with Gasteiger partial charge >= 0.3 is 0 Å². The van der Waals surface area contributed by atoms with Crippen molar-refractivity contribution in [2.45, 2.75) is 63.3 Å². The molecule has 0 spiro atoms. The van der Waals surface area contributed by atoms with Crippen LogP contribution in [0, 0.1) is 12.8 Å². The highest BCUT2D eigenvalue weighted by Crippen LogP contribution is 2.33. The first-order valence-corrected chi connectivity index (χ1v) is 15.1. The van der Waals surface area contributed by atoms with E-state index in [1.165, 1.54) is 37.7 Å². The lowest BCUT2D eigenvalue weighted by Crippen LogP contribution is -2.22. The smallest absolute Gasteiger partial charge is 0.229 e. The molecule has 1 fully saturated rings. The van der Waals surface area contributed by atoms with Crippen LogP contribution in [0.2, 0.25) is 0 Å². The van der Waals surface area contributed by atoms with Gasteiger partial charge in [-0.1, -0.05) is 68.7 Å². The zero-order valence-electron chi connectivity index (χ0n) is 22.1. The molecule has 38 heavy (non-hydrogen) atoms. The summed E-state index contributed by atoms with van der Waals surface area (Å²) in [4.78, 5) is 17.8. The number of rotatable bonds is 8. The van der Waals surface area contributed by atoms with Gasteiger partial charge in [0.05, 0.1) is 27.6 Å². The Bertz CT molecular complexity index is 1550. The summed E-state index contributed by atoms with van der Waals surface area (Å²) >= 11 is 0. The number of hydrogen-bond donors (Lipinski definition) is 1. The minimum Gasteiger partial charge on any atom is -0.369 e. The van der Waals surface area contributed by atoms with Gasteiger partial charge in [-0.25, -0.2) is 13.4 Å². The van der Waals surface area contributed by atoms with Crippen molar-refractivity contribution < 1.29 is 13.2 Å². The minimum absolute atomic E-state index is 0.0259. The minimum atomic E-state index is -3.32. The lowest BCUT2D eigenvalue weighted by atomic mass is 9.89. The van der Waals surface area contributed by atoms with Crippen LogP contribution in [0.5, 0.6) is 0 Å². The van der Waals surface area contributed by atoms with E-state index >= 15 is 0 Å². The molecule has 5 rings (SSSR count). The number of carbonyl (C=O) groups is 1. The summed E-state index contributed by atoms with van der Waals surface area (Å²) in [6.45, 7) is 4.68. The molecule has 7 heteroatoms. The summed E-state index contributed by atoms with van der Waals surface area (Å²) in [5.74, 6) is 0.457. The van der Waals surface area contributed by atoms with Crippen molar-refractivity contribution in [1.82, 2.24) is 9.55 Å². The van der Waals surface area contributed by atoms with Crippen molar-refractivity contribution in [3.63, 3.8) is 0 Å². The number of imidazole rings is 1. The molecule has 1 unspecified atom stereocenters. The number of carbonyl (C=O) groups excluding carboxylic acids is 1. The molecule has 4 aromatic rings. The Balaban J connectivity index is 1.49. The average Bonchev–Trinajstić information content (AvgIpc) is 3.27. The first kappa shape index (κ1) is 26.2. The first-order chi connectivity index (χ1) is 18.3. The van der Waals surface area contributed by atoms with Crippen molar-refractivity contribution in [3.8, 4) is 11.4 Å². The van der Waals surface area contributed by atoms with Crippen molar-refractivity contribution >= 4 is 26.8 Å². The molecule has 0 bridgehead atoms. The molecule has 198 valence electrons. The van der Waals surface area contributed by atoms with Gasteiger partial charge in [0, 0.05) is 12.1 Å². The maximum Gasteiger partial charge on any atom is 0.229 e. The number of primary amides is 1. The van der Waals surface area contributed by atoms with E-state index in [9.17, 15) is 13.2 Å². The molecule has 1 amide bonds. The zero-order chi connectivity index (χ0) is 26.9. The Morgan fingerprint density at radius 1 is 0.974 bits per heavy atom.